The summed E-state index contributed by atoms with van der Waals surface area (Å²) in [6.07, 6.45) is 0.168. The van der Waals surface area contributed by atoms with Crippen LogP contribution in [0, 0.1) is 20.8 Å². The zero-order valence-corrected chi connectivity index (χ0v) is 20.5. The highest BCUT2D eigenvalue weighted by Gasteiger charge is 2.28. The summed E-state index contributed by atoms with van der Waals surface area (Å²) < 4.78 is 29.4. The van der Waals surface area contributed by atoms with Gasteiger partial charge in [0.2, 0.25) is 21.8 Å². The van der Waals surface area contributed by atoms with E-state index in [1.54, 1.807) is 50.2 Å². The molecular formula is C26H29N3O4S. The zero-order chi connectivity index (χ0) is 24.9. The van der Waals surface area contributed by atoms with Crippen molar-refractivity contribution in [2.75, 3.05) is 10.6 Å². The van der Waals surface area contributed by atoms with Crippen molar-refractivity contribution >= 4 is 33.2 Å². The number of amides is 2. The Balaban J connectivity index is 1.91. The van der Waals surface area contributed by atoms with Crippen LogP contribution >= 0.6 is 0 Å². The minimum atomic E-state index is -3.99. The van der Waals surface area contributed by atoms with E-state index in [-0.39, 0.29) is 17.2 Å². The van der Waals surface area contributed by atoms with Crippen molar-refractivity contribution in [1.29, 1.82) is 0 Å². The number of anilines is 2. The quantitative estimate of drug-likeness (QED) is 0.452. The first-order valence-electron chi connectivity index (χ1n) is 10.9. The maximum atomic E-state index is 13.4. The van der Waals surface area contributed by atoms with Gasteiger partial charge in [-0.15, -0.1) is 0 Å². The molecule has 0 radical (unpaired) electrons. The van der Waals surface area contributed by atoms with E-state index in [4.69, 9.17) is 0 Å². The molecule has 0 saturated carbocycles. The number of carbonyl (C=O) groups is 2. The number of hydrogen-bond donors (Lipinski definition) is 3. The molecule has 0 bridgehead atoms. The lowest BCUT2D eigenvalue weighted by molar-refractivity contribution is -0.117. The molecular weight excluding hydrogens is 450 g/mol. The third-order valence-electron chi connectivity index (χ3n) is 5.22. The van der Waals surface area contributed by atoms with E-state index in [1.807, 2.05) is 37.3 Å². The van der Waals surface area contributed by atoms with Crippen molar-refractivity contribution < 1.29 is 18.0 Å². The van der Waals surface area contributed by atoms with Crippen LogP contribution in [0.25, 0.3) is 0 Å². The van der Waals surface area contributed by atoms with Crippen molar-refractivity contribution in [3.05, 3.63) is 89.0 Å². The molecule has 8 heteroatoms. The molecule has 0 saturated heterocycles. The van der Waals surface area contributed by atoms with E-state index in [0.717, 1.165) is 11.1 Å². The predicted octanol–water partition coefficient (Wildman–Crippen LogP) is 4.10. The van der Waals surface area contributed by atoms with Gasteiger partial charge < -0.3 is 10.6 Å². The predicted molar refractivity (Wildman–Crippen MR) is 134 cm³/mol. The molecule has 0 aromatic heterocycles. The highest BCUT2D eigenvalue weighted by molar-refractivity contribution is 7.89. The molecule has 0 unspecified atom stereocenters. The summed E-state index contributed by atoms with van der Waals surface area (Å²) in [7, 11) is -3.99. The summed E-state index contributed by atoms with van der Waals surface area (Å²) in [5.74, 6) is -0.739. The first kappa shape index (κ1) is 25.1. The van der Waals surface area contributed by atoms with Gasteiger partial charge in [0.25, 0.3) is 0 Å². The Morgan fingerprint density at radius 2 is 1.41 bits per heavy atom. The highest BCUT2D eigenvalue weighted by atomic mass is 32.2. The molecule has 1 atom stereocenters. The van der Waals surface area contributed by atoms with E-state index in [1.165, 1.54) is 6.92 Å². The number of carbonyl (C=O) groups excluding carboxylic acids is 2. The summed E-state index contributed by atoms with van der Waals surface area (Å²) in [6, 6.07) is 18.4. The Bertz CT molecular complexity index is 1280. The van der Waals surface area contributed by atoms with Gasteiger partial charge in [-0.05, 0) is 62.1 Å². The van der Waals surface area contributed by atoms with Crippen LogP contribution in [0.1, 0.15) is 29.2 Å². The smallest absolute Gasteiger partial charge is 0.242 e. The molecule has 0 aliphatic rings. The van der Waals surface area contributed by atoms with Crippen LogP contribution in [0.2, 0.25) is 0 Å². The molecule has 0 spiro atoms. The molecule has 3 rings (SSSR count). The molecule has 3 N–H and O–H groups in total. The maximum Gasteiger partial charge on any atom is 0.242 e. The number of benzene rings is 3. The molecule has 3 aromatic carbocycles. The first-order valence-corrected chi connectivity index (χ1v) is 12.4. The van der Waals surface area contributed by atoms with E-state index in [9.17, 15) is 18.0 Å². The van der Waals surface area contributed by atoms with E-state index in [0.29, 0.717) is 22.5 Å². The van der Waals surface area contributed by atoms with E-state index >= 15 is 0 Å². The fraction of sp³-hybridized carbons (Fsp3) is 0.231. The minimum absolute atomic E-state index is 0.168. The second-order valence-corrected chi connectivity index (χ2v) is 9.99. The molecule has 34 heavy (non-hydrogen) atoms. The molecule has 0 fully saturated rings. The highest BCUT2D eigenvalue weighted by Crippen LogP contribution is 2.23. The Morgan fingerprint density at radius 1 is 0.824 bits per heavy atom. The van der Waals surface area contributed by atoms with Crippen LogP contribution in [0.4, 0.5) is 11.4 Å². The summed E-state index contributed by atoms with van der Waals surface area (Å²) in [4.78, 5) is 24.8. The zero-order valence-electron chi connectivity index (χ0n) is 19.7. The van der Waals surface area contributed by atoms with Gasteiger partial charge in [-0.3, -0.25) is 9.59 Å². The average molecular weight is 480 g/mol. The van der Waals surface area contributed by atoms with Gasteiger partial charge in [-0.25, -0.2) is 8.42 Å². The molecule has 0 aliphatic carbocycles. The topological polar surface area (TPSA) is 104 Å². The van der Waals surface area contributed by atoms with Crippen molar-refractivity contribution in [2.45, 2.75) is 45.1 Å². The fourth-order valence-corrected chi connectivity index (χ4v) is 5.63. The molecule has 0 heterocycles. The van der Waals surface area contributed by atoms with Crippen LogP contribution in [0.3, 0.4) is 0 Å². The van der Waals surface area contributed by atoms with Crippen LogP contribution in [-0.4, -0.2) is 26.3 Å². The van der Waals surface area contributed by atoms with Gasteiger partial charge in [-0.1, -0.05) is 54.1 Å². The number of hydrogen-bond acceptors (Lipinski definition) is 4. The summed E-state index contributed by atoms with van der Waals surface area (Å²) in [5, 5.41) is 5.43. The standard InChI is InChI=1S/C26H29N3O4S/c1-17-13-18(2)25(19(3)14-17)34(32,33)29-24(15-21-9-6-5-7-10-21)26(31)28-23-12-8-11-22(16-23)27-20(4)30/h5-14,16,24,29H,15H2,1-4H3,(H,27,30)(H,28,31)/t24-/m0/s1. The fourth-order valence-electron chi connectivity index (χ4n) is 3.98. The van der Waals surface area contributed by atoms with Gasteiger partial charge in [0, 0.05) is 18.3 Å². The first-order chi connectivity index (χ1) is 16.0. The van der Waals surface area contributed by atoms with Crippen molar-refractivity contribution in [1.82, 2.24) is 4.72 Å². The van der Waals surface area contributed by atoms with Crippen LogP contribution in [0.5, 0.6) is 0 Å². The minimum Gasteiger partial charge on any atom is -0.326 e. The van der Waals surface area contributed by atoms with Gasteiger partial charge in [0.15, 0.2) is 0 Å². The molecule has 178 valence electrons. The number of rotatable bonds is 8. The molecule has 2 amide bonds. The summed E-state index contributed by atoms with van der Waals surface area (Å²) in [5.41, 5.74) is 3.98. The Labute approximate surface area is 200 Å². The number of aryl methyl sites for hydroxylation is 3. The van der Waals surface area contributed by atoms with Crippen LogP contribution in [0.15, 0.2) is 71.6 Å². The SMILES string of the molecule is CC(=O)Nc1cccc(NC(=O)[C@H](Cc2ccccc2)NS(=O)(=O)c2c(C)cc(C)cc2C)c1. The van der Waals surface area contributed by atoms with Gasteiger partial charge >= 0.3 is 0 Å². The van der Waals surface area contributed by atoms with Crippen molar-refractivity contribution in [3.8, 4) is 0 Å². The lowest BCUT2D eigenvalue weighted by Crippen LogP contribution is -2.45. The molecule has 3 aromatic rings. The van der Waals surface area contributed by atoms with Crippen LogP contribution < -0.4 is 15.4 Å². The third kappa shape index (κ3) is 6.52. The largest absolute Gasteiger partial charge is 0.326 e. The van der Waals surface area contributed by atoms with Gasteiger partial charge in [0.05, 0.1) is 4.90 Å². The monoisotopic (exact) mass is 479 g/mol. The second kappa shape index (κ2) is 10.6. The lowest BCUT2D eigenvalue weighted by atomic mass is 10.1. The van der Waals surface area contributed by atoms with Crippen molar-refractivity contribution in [3.63, 3.8) is 0 Å². The third-order valence-corrected chi connectivity index (χ3v) is 7.00. The second-order valence-electron chi connectivity index (χ2n) is 8.34. The Kier molecular flexibility index (Phi) is 7.86. The number of nitrogens with one attached hydrogen (secondary N) is 3. The molecule has 0 aliphatic heterocycles. The van der Waals surface area contributed by atoms with Gasteiger partial charge in [0.1, 0.15) is 6.04 Å². The Hall–Kier alpha value is -3.49. The average Bonchev–Trinajstić information content (AvgIpc) is 2.72. The Morgan fingerprint density at radius 3 is 2.00 bits per heavy atom. The lowest BCUT2D eigenvalue weighted by Gasteiger charge is -2.21. The maximum absolute atomic E-state index is 13.4. The van der Waals surface area contributed by atoms with E-state index < -0.39 is 22.0 Å². The van der Waals surface area contributed by atoms with Gasteiger partial charge in [-0.2, -0.15) is 4.72 Å². The summed E-state index contributed by atoms with van der Waals surface area (Å²) in [6.45, 7) is 6.79. The number of sulfonamides is 1. The van der Waals surface area contributed by atoms with E-state index in [2.05, 4.69) is 15.4 Å². The summed E-state index contributed by atoms with van der Waals surface area (Å²) >= 11 is 0. The molecule has 7 nitrogen and oxygen atoms in total. The van der Waals surface area contributed by atoms with Crippen molar-refractivity contribution in [2.24, 2.45) is 0 Å². The normalized spacial score (nSPS) is 12.1. The van der Waals surface area contributed by atoms with Crippen LogP contribution in [-0.2, 0) is 26.0 Å².